The summed E-state index contributed by atoms with van der Waals surface area (Å²) in [5, 5.41) is 5.78. The van der Waals surface area contributed by atoms with E-state index < -0.39 is 6.09 Å². The zero-order chi connectivity index (χ0) is 18.1. The number of nitrogens with one attached hydrogen (secondary N) is 2. The molecule has 1 aromatic heterocycles. The quantitative estimate of drug-likeness (QED) is 0.520. The fraction of sp³-hybridized carbons (Fsp3) is 0.333. The van der Waals surface area contributed by atoms with Crippen LogP contribution < -0.4 is 22.1 Å². The number of aromatic nitrogens is 1. The molecule has 0 spiro atoms. The fourth-order valence-electron chi connectivity index (χ4n) is 2.38. The Kier molecular flexibility index (Phi) is 9.08. The Bertz CT molecular complexity index is 697. The van der Waals surface area contributed by atoms with Crippen LogP contribution in [0.1, 0.15) is 25.3 Å². The normalized spacial score (nSPS) is 9.88. The van der Waals surface area contributed by atoms with Crippen molar-refractivity contribution in [3.63, 3.8) is 0 Å². The van der Waals surface area contributed by atoms with Crippen molar-refractivity contribution >= 4 is 41.5 Å². The van der Waals surface area contributed by atoms with Crippen molar-refractivity contribution < 1.29 is 9.53 Å². The number of anilines is 4. The van der Waals surface area contributed by atoms with Gasteiger partial charge in [-0.3, -0.25) is 5.32 Å². The SMILES string of the molecule is CCOC(=O)Nc1cc(NCCCCc2ccccc2)c(N)c(N)n1.Cl. The first kappa shape index (κ1) is 21.4. The average Bonchev–Trinajstić information content (AvgIpc) is 2.59. The number of carbonyl (C=O) groups excluding carboxylic acids is 1. The first-order chi connectivity index (χ1) is 12.1. The molecule has 0 aliphatic heterocycles. The molecule has 1 heterocycles. The number of unbranched alkanes of at least 4 members (excludes halogenated alkanes) is 1. The highest BCUT2D eigenvalue weighted by Crippen LogP contribution is 2.27. The van der Waals surface area contributed by atoms with Crippen LogP contribution in [0, 0.1) is 0 Å². The topological polar surface area (TPSA) is 115 Å². The lowest BCUT2D eigenvalue weighted by atomic mass is 10.1. The van der Waals surface area contributed by atoms with Gasteiger partial charge in [-0.15, -0.1) is 12.4 Å². The number of ether oxygens (including phenoxy) is 1. The largest absolute Gasteiger partial charge is 0.450 e. The number of nitrogen functional groups attached to an aromatic ring is 2. The molecule has 2 rings (SSSR count). The van der Waals surface area contributed by atoms with Crippen molar-refractivity contribution in [2.45, 2.75) is 26.2 Å². The number of carbonyl (C=O) groups is 1. The number of hydrogen-bond acceptors (Lipinski definition) is 6. The third-order valence-corrected chi connectivity index (χ3v) is 3.64. The van der Waals surface area contributed by atoms with Crippen LogP contribution in [0.15, 0.2) is 36.4 Å². The number of nitrogens with zero attached hydrogens (tertiary/aromatic N) is 1. The van der Waals surface area contributed by atoms with Crippen LogP contribution in [-0.4, -0.2) is 24.2 Å². The van der Waals surface area contributed by atoms with E-state index in [0.29, 0.717) is 17.2 Å². The Morgan fingerprint density at radius 3 is 2.62 bits per heavy atom. The standard InChI is InChI=1S/C18H25N5O2.ClH/c1-2-25-18(24)23-15-12-14(16(19)17(20)22-15)21-11-7-6-10-13-8-4-3-5-9-13;/h3-5,8-9,12H,2,6-7,10-11,19H2,1H3,(H4,20,21,22,23,24);1H. The van der Waals surface area contributed by atoms with E-state index in [9.17, 15) is 4.79 Å². The number of benzene rings is 1. The summed E-state index contributed by atoms with van der Waals surface area (Å²) in [5.41, 5.74) is 14.1. The molecule has 0 atom stereocenters. The number of aryl methyl sites for hydroxylation is 1. The first-order valence-corrected chi connectivity index (χ1v) is 8.37. The van der Waals surface area contributed by atoms with E-state index in [2.05, 4.69) is 27.8 Å². The van der Waals surface area contributed by atoms with Gasteiger partial charge < -0.3 is 21.5 Å². The maximum Gasteiger partial charge on any atom is 0.412 e. The zero-order valence-electron chi connectivity index (χ0n) is 14.8. The Hall–Kier alpha value is -2.67. The maximum atomic E-state index is 11.5. The van der Waals surface area contributed by atoms with Gasteiger partial charge in [0.25, 0.3) is 0 Å². The number of pyridine rings is 1. The van der Waals surface area contributed by atoms with Crippen molar-refractivity contribution in [3.8, 4) is 0 Å². The van der Waals surface area contributed by atoms with Crippen molar-refractivity contribution in [1.29, 1.82) is 0 Å². The van der Waals surface area contributed by atoms with Crippen LogP contribution in [0.3, 0.4) is 0 Å². The molecular weight excluding hydrogens is 354 g/mol. The molecular formula is C18H26ClN5O2. The number of amides is 1. The molecule has 7 nitrogen and oxygen atoms in total. The van der Waals surface area contributed by atoms with E-state index in [4.69, 9.17) is 16.2 Å². The van der Waals surface area contributed by atoms with Gasteiger partial charge in [-0.1, -0.05) is 30.3 Å². The second-order valence-electron chi connectivity index (χ2n) is 5.57. The third kappa shape index (κ3) is 6.68. The van der Waals surface area contributed by atoms with E-state index in [0.717, 1.165) is 25.8 Å². The Morgan fingerprint density at radius 2 is 1.92 bits per heavy atom. The molecule has 0 unspecified atom stereocenters. The van der Waals surface area contributed by atoms with Crippen molar-refractivity contribution in [3.05, 3.63) is 42.0 Å². The average molecular weight is 380 g/mol. The summed E-state index contributed by atoms with van der Waals surface area (Å²) in [6, 6.07) is 12.0. The lowest BCUT2D eigenvalue weighted by Gasteiger charge is -2.13. The summed E-state index contributed by atoms with van der Waals surface area (Å²) in [7, 11) is 0. The number of rotatable bonds is 8. The molecule has 142 valence electrons. The van der Waals surface area contributed by atoms with Crippen LogP contribution in [0.5, 0.6) is 0 Å². The van der Waals surface area contributed by atoms with Crippen LogP contribution in [-0.2, 0) is 11.2 Å². The predicted molar refractivity (Wildman–Crippen MR) is 109 cm³/mol. The molecule has 0 radical (unpaired) electrons. The van der Waals surface area contributed by atoms with Gasteiger partial charge in [0.1, 0.15) is 5.82 Å². The van der Waals surface area contributed by atoms with Crippen molar-refractivity contribution in [2.75, 3.05) is 35.3 Å². The van der Waals surface area contributed by atoms with Crippen molar-refractivity contribution in [2.24, 2.45) is 0 Å². The molecule has 1 aromatic carbocycles. The summed E-state index contributed by atoms with van der Waals surface area (Å²) in [6.07, 6.45) is 2.50. The molecule has 8 heteroatoms. The van der Waals surface area contributed by atoms with Gasteiger partial charge in [0, 0.05) is 12.6 Å². The highest BCUT2D eigenvalue weighted by atomic mass is 35.5. The van der Waals surface area contributed by atoms with Gasteiger partial charge >= 0.3 is 6.09 Å². The van der Waals surface area contributed by atoms with Crippen LogP contribution in [0.25, 0.3) is 0 Å². The van der Waals surface area contributed by atoms with Gasteiger partial charge in [0.15, 0.2) is 5.82 Å². The second-order valence-corrected chi connectivity index (χ2v) is 5.57. The molecule has 0 aliphatic rings. The second kappa shape index (κ2) is 11.0. The van der Waals surface area contributed by atoms with E-state index in [1.807, 2.05) is 18.2 Å². The summed E-state index contributed by atoms with van der Waals surface area (Å²) in [5.74, 6) is 0.470. The molecule has 0 aliphatic carbocycles. The first-order valence-electron chi connectivity index (χ1n) is 8.37. The lowest BCUT2D eigenvalue weighted by molar-refractivity contribution is 0.168. The lowest BCUT2D eigenvalue weighted by Crippen LogP contribution is -2.16. The van der Waals surface area contributed by atoms with Crippen LogP contribution >= 0.6 is 12.4 Å². The monoisotopic (exact) mass is 379 g/mol. The smallest absolute Gasteiger partial charge is 0.412 e. The van der Waals surface area contributed by atoms with E-state index in [1.165, 1.54) is 5.56 Å². The van der Waals surface area contributed by atoms with Crippen molar-refractivity contribution in [1.82, 2.24) is 4.98 Å². The minimum absolute atomic E-state index is 0. The number of hydrogen-bond donors (Lipinski definition) is 4. The molecule has 0 bridgehead atoms. The summed E-state index contributed by atoms with van der Waals surface area (Å²) >= 11 is 0. The minimum Gasteiger partial charge on any atom is -0.450 e. The van der Waals surface area contributed by atoms with Crippen LogP contribution in [0.2, 0.25) is 0 Å². The predicted octanol–water partition coefficient (Wildman–Crippen LogP) is 3.67. The van der Waals surface area contributed by atoms with Gasteiger partial charge in [-0.05, 0) is 31.7 Å². The fourth-order valence-corrected chi connectivity index (χ4v) is 2.38. The van der Waals surface area contributed by atoms with Gasteiger partial charge in [0.2, 0.25) is 0 Å². The van der Waals surface area contributed by atoms with Gasteiger partial charge in [0.05, 0.1) is 18.0 Å². The highest BCUT2D eigenvalue weighted by molar-refractivity contribution is 5.87. The molecule has 0 saturated heterocycles. The van der Waals surface area contributed by atoms with Gasteiger partial charge in [-0.25, -0.2) is 9.78 Å². The van der Waals surface area contributed by atoms with E-state index >= 15 is 0 Å². The summed E-state index contributed by atoms with van der Waals surface area (Å²) in [6.45, 7) is 2.76. The summed E-state index contributed by atoms with van der Waals surface area (Å²) in [4.78, 5) is 15.5. The van der Waals surface area contributed by atoms with Gasteiger partial charge in [-0.2, -0.15) is 0 Å². The molecule has 26 heavy (non-hydrogen) atoms. The maximum absolute atomic E-state index is 11.5. The molecule has 6 N–H and O–H groups in total. The number of nitrogens with two attached hydrogens (primary N) is 2. The Labute approximate surface area is 159 Å². The molecule has 1 amide bonds. The summed E-state index contributed by atoms with van der Waals surface area (Å²) < 4.78 is 4.83. The molecule has 0 fully saturated rings. The van der Waals surface area contributed by atoms with E-state index in [-0.39, 0.29) is 24.8 Å². The Morgan fingerprint density at radius 1 is 1.19 bits per heavy atom. The van der Waals surface area contributed by atoms with Crippen LogP contribution in [0.4, 0.5) is 27.8 Å². The molecule has 2 aromatic rings. The number of halogens is 1. The van der Waals surface area contributed by atoms with E-state index in [1.54, 1.807) is 13.0 Å². The Balaban J connectivity index is 0.00000338. The third-order valence-electron chi connectivity index (χ3n) is 3.64. The zero-order valence-corrected chi connectivity index (χ0v) is 15.6. The minimum atomic E-state index is -0.576. The molecule has 0 saturated carbocycles. The highest BCUT2D eigenvalue weighted by Gasteiger charge is 2.10.